The Morgan fingerprint density at radius 2 is 1.89 bits per heavy atom. The number of aromatic nitrogens is 3. The molecular formula is C21H25ClN4O. The monoisotopic (exact) mass is 384 g/mol. The van der Waals surface area contributed by atoms with E-state index < -0.39 is 5.60 Å². The third-order valence-electron chi connectivity index (χ3n) is 5.58. The SMILES string of the molecule is CC(C)(O)C1CCC(Nc2ccc3nnc(-c4cccc(Cl)c4)n3c2)CC1. The lowest BCUT2D eigenvalue weighted by molar-refractivity contribution is -0.000391. The molecule has 0 atom stereocenters. The topological polar surface area (TPSA) is 62.5 Å². The number of nitrogens with zero attached hydrogens (tertiary/aromatic N) is 3. The molecule has 2 N–H and O–H groups in total. The van der Waals surface area contributed by atoms with Gasteiger partial charge in [0.1, 0.15) is 0 Å². The van der Waals surface area contributed by atoms with Gasteiger partial charge in [-0.05, 0) is 69.7 Å². The average Bonchev–Trinajstić information content (AvgIpc) is 3.05. The summed E-state index contributed by atoms with van der Waals surface area (Å²) in [5.41, 5.74) is 2.22. The van der Waals surface area contributed by atoms with E-state index in [1.165, 1.54) is 0 Å². The molecule has 0 amide bonds. The molecule has 0 radical (unpaired) electrons. The second kappa shape index (κ2) is 7.13. The van der Waals surface area contributed by atoms with Crippen molar-refractivity contribution in [1.82, 2.24) is 14.6 Å². The van der Waals surface area contributed by atoms with Crippen molar-refractivity contribution in [2.24, 2.45) is 5.92 Å². The highest BCUT2D eigenvalue weighted by molar-refractivity contribution is 6.30. The van der Waals surface area contributed by atoms with Crippen molar-refractivity contribution in [3.63, 3.8) is 0 Å². The quantitative estimate of drug-likeness (QED) is 0.678. The van der Waals surface area contributed by atoms with Gasteiger partial charge in [0.05, 0.1) is 11.3 Å². The number of halogens is 1. The molecule has 1 saturated carbocycles. The number of hydrogen-bond donors (Lipinski definition) is 2. The molecule has 3 aromatic rings. The highest BCUT2D eigenvalue weighted by Gasteiger charge is 2.31. The molecule has 0 unspecified atom stereocenters. The van der Waals surface area contributed by atoms with Gasteiger partial charge in [0, 0.05) is 22.8 Å². The molecule has 1 aliphatic rings. The average molecular weight is 385 g/mol. The Labute approximate surface area is 164 Å². The summed E-state index contributed by atoms with van der Waals surface area (Å²) in [6.07, 6.45) is 6.27. The predicted molar refractivity (Wildman–Crippen MR) is 109 cm³/mol. The van der Waals surface area contributed by atoms with Gasteiger partial charge in [-0.2, -0.15) is 0 Å². The van der Waals surface area contributed by atoms with E-state index in [1.807, 2.05) is 60.8 Å². The summed E-state index contributed by atoms with van der Waals surface area (Å²) in [6.45, 7) is 3.84. The fourth-order valence-corrected chi connectivity index (χ4v) is 4.17. The van der Waals surface area contributed by atoms with Crippen LogP contribution in [-0.4, -0.2) is 31.3 Å². The zero-order chi connectivity index (χ0) is 19.0. The van der Waals surface area contributed by atoms with Crippen molar-refractivity contribution < 1.29 is 5.11 Å². The molecule has 1 fully saturated rings. The largest absolute Gasteiger partial charge is 0.390 e. The first-order valence-electron chi connectivity index (χ1n) is 9.50. The van der Waals surface area contributed by atoms with Crippen LogP contribution in [-0.2, 0) is 0 Å². The number of nitrogens with one attached hydrogen (secondary N) is 1. The van der Waals surface area contributed by atoms with E-state index in [-0.39, 0.29) is 0 Å². The lowest BCUT2D eigenvalue weighted by atomic mass is 9.77. The van der Waals surface area contributed by atoms with Gasteiger partial charge in [-0.3, -0.25) is 4.40 Å². The minimum absolute atomic E-state index is 0.380. The molecule has 1 aromatic carbocycles. The summed E-state index contributed by atoms with van der Waals surface area (Å²) >= 11 is 6.13. The van der Waals surface area contributed by atoms with Gasteiger partial charge in [-0.25, -0.2) is 0 Å². The minimum atomic E-state index is -0.585. The van der Waals surface area contributed by atoms with Crippen molar-refractivity contribution in [3.8, 4) is 11.4 Å². The maximum Gasteiger partial charge on any atom is 0.168 e. The predicted octanol–water partition coefficient (Wildman–Crippen LogP) is 4.79. The standard InChI is InChI=1S/C21H25ClN4O/c1-21(2,27)15-6-8-17(9-7-15)23-18-10-11-19-24-25-20(26(19)13-18)14-4-3-5-16(22)12-14/h3-5,10-13,15,17,23,27H,6-9H2,1-2H3. The van der Waals surface area contributed by atoms with Crippen LogP contribution in [0.4, 0.5) is 5.69 Å². The Balaban J connectivity index is 1.53. The van der Waals surface area contributed by atoms with Crippen molar-refractivity contribution in [2.75, 3.05) is 5.32 Å². The molecule has 0 spiro atoms. The van der Waals surface area contributed by atoms with E-state index in [9.17, 15) is 5.11 Å². The maximum atomic E-state index is 10.2. The summed E-state index contributed by atoms with van der Waals surface area (Å²) in [5, 5.41) is 23.1. The molecule has 4 rings (SSSR count). The Kier molecular flexibility index (Phi) is 4.82. The van der Waals surface area contributed by atoms with E-state index >= 15 is 0 Å². The first-order valence-corrected chi connectivity index (χ1v) is 9.87. The summed E-state index contributed by atoms with van der Waals surface area (Å²) in [4.78, 5) is 0. The zero-order valence-electron chi connectivity index (χ0n) is 15.7. The second-order valence-corrected chi connectivity index (χ2v) is 8.46. The van der Waals surface area contributed by atoms with Gasteiger partial charge in [-0.1, -0.05) is 23.7 Å². The van der Waals surface area contributed by atoms with E-state index in [1.54, 1.807) is 0 Å². The third-order valence-corrected chi connectivity index (χ3v) is 5.82. The molecule has 142 valence electrons. The van der Waals surface area contributed by atoms with Crippen LogP contribution in [0.2, 0.25) is 5.02 Å². The van der Waals surface area contributed by atoms with Crippen LogP contribution in [0.5, 0.6) is 0 Å². The van der Waals surface area contributed by atoms with Gasteiger partial charge < -0.3 is 10.4 Å². The van der Waals surface area contributed by atoms with Crippen molar-refractivity contribution in [1.29, 1.82) is 0 Å². The summed E-state index contributed by atoms with van der Waals surface area (Å²) in [7, 11) is 0. The van der Waals surface area contributed by atoms with Crippen molar-refractivity contribution in [3.05, 3.63) is 47.6 Å². The van der Waals surface area contributed by atoms with Gasteiger partial charge in [-0.15, -0.1) is 10.2 Å². The van der Waals surface area contributed by atoms with Gasteiger partial charge in [0.2, 0.25) is 0 Å². The molecule has 5 nitrogen and oxygen atoms in total. The minimum Gasteiger partial charge on any atom is -0.390 e. The van der Waals surface area contributed by atoms with Crippen LogP contribution in [0.15, 0.2) is 42.6 Å². The first-order chi connectivity index (χ1) is 12.9. The summed E-state index contributed by atoms with van der Waals surface area (Å²) in [6, 6.07) is 12.1. The lowest BCUT2D eigenvalue weighted by Crippen LogP contribution is -2.37. The highest BCUT2D eigenvalue weighted by Crippen LogP contribution is 2.33. The molecule has 0 saturated heterocycles. The Morgan fingerprint density at radius 3 is 2.59 bits per heavy atom. The lowest BCUT2D eigenvalue weighted by Gasteiger charge is -2.36. The van der Waals surface area contributed by atoms with Crippen molar-refractivity contribution in [2.45, 2.75) is 51.2 Å². The maximum absolute atomic E-state index is 10.2. The Bertz CT molecular complexity index is 939. The van der Waals surface area contributed by atoms with Crippen LogP contribution in [0, 0.1) is 5.92 Å². The normalized spacial score (nSPS) is 20.7. The van der Waals surface area contributed by atoms with E-state index in [4.69, 9.17) is 11.6 Å². The Morgan fingerprint density at radius 1 is 1.11 bits per heavy atom. The molecule has 6 heteroatoms. The first kappa shape index (κ1) is 18.3. The van der Waals surface area contributed by atoms with E-state index in [2.05, 4.69) is 15.5 Å². The molecule has 27 heavy (non-hydrogen) atoms. The number of hydrogen-bond acceptors (Lipinski definition) is 4. The van der Waals surface area contributed by atoms with Gasteiger partial charge in [0.15, 0.2) is 11.5 Å². The zero-order valence-corrected chi connectivity index (χ0v) is 16.4. The number of pyridine rings is 1. The number of benzene rings is 1. The number of rotatable bonds is 4. The Hall–Kier alpha value is -2.11. The van der Waals surface area contributed by atoms with Crippen LogP contribution >= 0.6 is 11.6 Å². The van der Waals surface area contributed by atoms with Crippen LogP contribution < -0.4 is 5.32 Å². The number of anilines is 1. The second-order valence-electron chi connectivity index (χ2n) is 8.03. The summed E-state index contributed by atoms with van der Waals surface area (Å²) < 4.78 is 2.00. The number of fused-ring (bicyclic) bond motifs is 1. The molecule has 2 heterocycles. The molecule has 1 aliphatic carbocycles. The summed E-state index contributed by atoms with van der Waals surface area (Å²) in [5.74, 6) is 1.16. The van der Waals surface area contributed by atoms with Gasteiger partial charge in [0.25, 0.3) is 0 Å². The van der Waals surface area contributed by atoms with Crippen LogP contribution in [0.3, 0.4) is 0 Å². The van der Waals surface area contributed by atoms with Crippen molar-refractivity contribution >= 4 is 22.9 Å². The van der Waals surface area contributed by atoms with E-state index in [0.717, 1.165) is 48.4 Å². The number of aliphatic hydroxyl groups is 1. The van der Waals surface area contributed by atoms with E-state index in [0.29, 0.717) is 17.0 Å². The fraction of sp³-hybridized carbons (Fsp3) is 0.429. The van der Waals surface area contributed by atoms with Crippen LogP contribution in [0.1, 0.15) is 39.5 Å². The fourth-order valence-electron chi connectivity index (χ4n) is 3.98. The molecule has 2 aromatic heterocycles. The smallest absolute Gasteiger partial charge is 0.168 e. The third kappa shape index (κ3) is 3.94. The molecule has 0 aliphatic heterocycles. The van der Waals surface area contributed by atoms with Gasteiger partial charge >= 0.3 is 0 Å². The highest BCUT2D eigenvalue weighted by atomic mass is 35.5. The molecular weight excluding hydrogens is 360 g/mol. The van der Waals surface area contributed by atoms with Crippen LogP contribution in [0.25, 0.3) is 17.0 Å². The molecule has 0 bridgehead atoms.